The Balaban J connectivity index is 1.12. The van der Waals surface area contributed by atoms with E-state index in [-0.39, 0.29) is 0 Å². The van der Waals surface area contributed by atoms with E-state index in [1.165, 1.54) is 45.3 Å². The van der Waals surface area contributed by atoms with Crippen LogP contribution in [0.25, 0.3) is 11.3 Å². The molecule has 3 atom stereocenters. The first-order chi connectivity index (χ1) is 14.8. The van der Waals surface area contributed by atoms with E-state index in [4.69, 9.17) is 9.47 Å². The second-order valence-corrected chi connectivity index (χ2v) is 9.47. The average Bonchev–Trinajstić information content (AvgIpc) is 3.33. The molecule has 1 saturated carbocycles. The molecule has 30 heavy (non-hydrogen) atoms. The molecule has 0 spiro atoms. The van der Waals surface area contributed by atoms with Crippen molar-refractivity contribution >= 4 is 0 Å². The molecular formula is C25H33N3O2. The van der Waals surface area contributed by atoms with Crippen molar-refractivity contribution in [1.29, 1.82) is 0 Å². The zero-order chi connectivity index (χ0) is 20.3. The molecule has 3 heterocycles. The van der Waals surface area contributed by atoms with Gasteiger partial charge in [-0.1, -0.05) is 0 Å². The van der Waals surface area contributed by atoms with E-state index < -0.39 is 0 Å². The molecule has 1 aromatic carbocycles. The van der Waals surface area contributed by atoms with Gasteiger partial charge in [0, 0.05) is 38.4 Å². The van der Waals surface area contributed by atoms with Crippen molar-refractivity contribution in [3.63, 3.8) is 0 Å². The summed E-state index contributed by atoms with van der Waals surface area (Å²) in [6, 6.07) is 12.3. The maximum atomic E-state index is 5.52. The van der Waals surface area contributed by atoms with E-state index in [0.29, 0.717) is 0 Å². The van der Waals surface area contributed by atoms with Crippen molar-refractivity contribution in [1.82, 2.24) is 15.1 Å². The van der Waals surface area contributed by atoms with E-state index >= 15 is 0 Å². The number of nitrogens with zero attached hydrogens (tertiary/aromatic N) is 3. The lowest BCUT2D eigenvalue weighted by atomic mass is 9.98. The van der Waals surface area contributed by atoms with Crippen molar-refractivity contribution < 1.29 is 9.47 Å². The van der Waals surface area contributed by atoms with Crippen LogP contribution in [0.3, 0.4) is 0 Å². The summed E-state index contributed by atoms with van der Waals surface area (Å²) in [6.45, 7) is 5.83. The summed E-state index contributed by atoms with van der Waals surface area (Å²) < 4.78 is 10.7. The molecule has 1 aromatic heterocycles. The normalized spacial score (nSPS) is 27.3. The van der Waals surface area contributed by atoms with Gasteiger partial charge in [-0.3, -0.25) is 0 Å². The highest BCUT2D eigenvalue weighted by Crippen LogP contribution is 2.43. The van der Waals surface area contributed by atoms with Crippen LogP contribution in [0.5, 0.6) is 5.75 Å². The largest absolute Gasteiger partial charge is 0.497 e. The highest BCUT2D eigenvalue weighted by Gasteiger charge is 2.41. The van der Waals surface area contributed by atoms with Gasteiger partial charge < -0.3 is 14.4 Å². The molecule has 5 nitrogen and oxygen atoms in total. The van der Waals surface area contributed by atoms with Gasteiger partial charge in [-0.25, -0.2) is 0 Å². The Labute approximate surface area is 179 Å². The van der Waals surface area contributed by atoms with Crippen LogP contribution in [0.1, 0.15) is 31.4 Å². The van der Waals surface area contributed by atoms with Crippen LogP contribution in [0.15, 0.2) is 36.4 Å². The highest BCUT2D eigenvalue weighted by atomic mass is 16.5. The van der Waals surface area contributed by atoms with Gasteiger partial charge in [0.15, 0.2) is 0 Å². The topological polar surface area (TPSA) is 47.5 Å². The first-order valence-electron chi connectivity index (χ1n) is 11.5. The molecule has 0 N–H and O–H groups in total. The summed E-state index contributed by atoms with van der Waals surface area (Å²) in [6.07, 6.45) is 6.29. The van der Waals surface area contributed by atoms with Crippen LogP contribution in [-0.4, -0.2) is 55.1 Å². The van der Waals surface area contributed by atoms with Gasteiger partial charge in [0.05, 0.1) is 18.5 Å². The molecule has 0 bridgehead atoms. The monoisotopic (exact) mass is 407 g/mol. The second kappa shape index (κ2) is 9.03. The van der Waals surface area contributed by atoms with Gasteiger partial charge in [-0.05, 0) is 92.2 Å². The van der Waals surface area contributed by atoms with Gasteiger partial charge in [0.1, 0.15) is 5.75 Å². The fourth-order valence-corrected chi connectivity index (χ4v) is 5.81. The minimum atomic E-state index is 0.770. The van der Waals surface area contributed by atoms with Crippen molar-refractivity contribution in [2.45, 2.75) is 32.1 Å². The fourth-order valence-electron chi connectivity index (χ4n) is 5.81. The molecule has 1 unspecified atom stereocenters. The van der Waals surface area contributed by atoms with Gasteiger partial charge in [0.2, 0.25) is 0 Å². The molecule has 5 rings (SSSR count). The number of benzene rings is 1. The van der Waals surface area contributed by atoms with E-state index in [9.17, 15) is 0 Å². The molecule has 5 heteroatoms. The summed E-state index contributed by atoms with van der Waals surface area (Å²) in [5, 5.41) is 9.03. The molecular weight excluding hydrogens is 374 g/mol. The minimum Gasteiger partial charge on any atom is -0.497 e. The summed E-state index contributed by atoms with van der Waals surface area (Å²) in [5.74, 6) is 4.27. The highest BCUT2D eigenvalue weighted by molar-refractivity contribution is 5.59. The predicted molar refractivity (Wildman–Crippen MR) is 117 cm³/mol. The van der Waals surface area contributed by atoms with Crippen molar-refractivity contribution in [3.8, 4) is 17.0 Å². The zero-order valence-electron chi connectivity index (χ0n) is 18.0. The second-order valence-electron chi connectivity index (χ2n) is 9.47. The van der Waals surface area contributed by atoms with E-state index in [1.54, 1.807) is 7.11 Å². The third-order valence-corrected chi connectivity index (χ3v) is 7.38. The maximum absolute atomic E-state index is 5.52. The lowest BCUT2D eigenvalue weighted by Crippen LogP contribution is -2.31. The lowest BCUT2D eigenvalue weighted by molar-refractivity contribution is 0.0544. The van der Waals surface area contributed by atoms with Crippen molar-refractivity contribution in [3.05, 3.63) is 42.1 Å². The van der Waals surface area contributed by atoms with E-state index in [0.717, 1.165) is 66.0 Å². The molecule has 0 radical (unpaired) electrons. The molecule has 2 aromatic rings. The summed E-state index contributed by atoms with van der Waals surface area (Å²) in [5.41, 5.74) is 3.14. The number of likely N-dealkylation sites (tertiary alicyclic amines) is 1. The molecule has 2 saturated heterocycles. The van der Waals surface area contributed by atoms with Crippen LogP contribution in [0, 0.1) is 23.7 Å². The zero-order valence-corrected chi connectivity index (χ0v) is 18.0. The minimum absolute atomic E-state index is 0.770. The Bertz CT molecular complexity index is 803. The van der Waals surface area contributed by atoms with Gasteiger partial charge in [-0.15, -0.1) is 0 Å². The average molecular weight is 408 g/mol. The Kier molecular flexibility index (Phi) is 6.00. The van der Waals surface area contributed by atoms with Gasteiger partial charge >= 0.3 is 0 Å². The smallest absolute Gasteiger partial charge is 0.118 e. The van der Waals surface area contributed by atoms with E-state index in [2.05, 4.69) is 27.2 Å². The maximum Gasteiger partial charge on any atom is 0.118 e. The summed E-state index contributed by atoms with van der Waals surface area (Å²) in [7, 11) is 1.69. The molecule has 3 aliphatic rings. The lowest BCUT2D eigenvalue weighted by Gasteiger charge is -2.27. The molecule has 160 valence electrons. The number of hydrogen-bond acceptors (Lipinski definition) is 5. The number of fused-ring (bicyclic) bond motifs is 1. The first-order valence-corrected chi connectivity index (χ1v) is 11.5. The predicted octanol–water partition coefficient (Wildman–Crippen LogP) is 4.08. The SMILES string of the molecule is COc1ccc(-c2ccc(CC3C[C@@H]4CN(CC5CCOCC5)C[C@@H]4C3)nn2)cc1. The summed E-state index contributed by atoms with van der Waals surface area (Å²) in [4.78, 5) is 2.74. The first kappa shape index (κ1) is 20.0. The number of rotatable bonds is 6. The number of aromatic nitrogens is 2. The molecule has 3 fully saturated rings. The summed E-state index contributed by atoms with van der Waals surface area (Å²) >= 11 is 0. The molecule has 1 aliphatic carbocycles. The Morgan fingerprint density at radius 3 is 2.30 bits per heavy atom. The third-order valence-electron chi connectivity index (χ3n) is 7.38. The Hall–Kier alpha value is -1.98. The Morgan fingerprint density at radius 2 is 1.67 bits per heavy atom. The van der Waals surface area contributed by atoms with Crippen molar-refractivity contribution in [2.75, 3.05) is 40.0 Å². The molecule has 2 aliphatic heterocycles. The third kappa shape index (κ3) is 4.52. The van der Waals surface area contributed by atoms with Crippen molar-refractivity contribution in [2.24, 2.45) is 23.7 Å². The van der Waals surface area contributed by atoms with Crippen LogP contribution >= 0.6 is 0 Å². The van der Waals surface area contributed by atoms with Crippen LogP contribution < -0.4 is 4.74 Å². The van der Waals surface area contributed by atoms with Crippen LogP contribution in [0.2, 0.25) is 0 Å². The van der Waals surface area contributed by atoms with Crippen LogP contribution in [0.4, 0.5) is 0 Å². The number of ether oxygens (including phenoxy) is 2. The van der Waals surface area contributed by atoms with Gasteiger partial charge in [-0.2, -0.15) is 10.2 Å². The quantitative estimate of drug-likeness (QED) is 0.722. The van der Waals surface area contributed by atoms with Gasteiger partial charge in [0.25, 0.3) is 0 Å². The number of methoxy groups -OCH3 is 1. The number of hydrogen-bond donors (Lipinski definition) is 0. The Morgan fingerprint density at radius 1 is 0.933 bits per heavy atom. The fraction of sp³-hybridized carbons (Fsp3) is 0.600. The molecule has 0 amide bonds. The van der Waals surface area contributed by atoms with Crippen LogP contribution in [-0.2, 0) is 11.2 Å². The standard InChI is InChI=1S/C25H33N3O2/c1-29-24-5-2-20(3-6-24)25-7-4-23(26-27-25)14-19-12-21-16-28(17-22(21)13-19)15-18-8-10-30-11-9-18/h2-7,18-19,21-22H,8-17H2,1H3/t19?,21-,22+. The van der Waals surface area contributed by atoms with E-state index in [1.807, 2.05) is 24.3 Å².